The molecule has 3 N–H and O–H groups in total. The fourth-order valence-corrected chi connectivity index (χ4v) is 1.45. The Kier molecular flexibility index (Phi) is 1.92. The van der Waals surface area contributed by atoms with Crippen molar-refractivity contribution >= 4 is 5.69 Å². The molecule has 2 nitrogen and oxygen atoms in total. The number of hydrogen-bond donors (Lipinski definition) is 2. The van der Waals surface area contributed by atoms with Gasteiger partial charge in [-0.3, -0.25) is 0 Å². The van der Waals surface area contributed by atoms with Crippen molar-refractivity contribution in [3.63, 3.8) is 0 Å². The van der Waals surface area contributed by atoms with E-state index in [0.29, 0.717) is 5.56 Å². The number of halogens is 2. The maximum absolute atomic E-state index is 13.0. The molecule has 1 aromatic rings. The fraction of sp³-hybridized carbons (Fsp3) is 0.333. The molecule has 0 unspecified atom stereocenters. The molecule has 1 aliphatic heterocycles. The van der Waals surface area contributed by atoms with Gasteiger partial charge in [-0.1, -0.05) is 0 Å². The van der Waals surface area contributed by atoms with Crippen LogP contribution in [0.3, 0.4) is 0 Å². The highest BCUT2D eigenvalue weighted by molar-refractivity contribution is 5.50. The molecule has 0 saturated carbocycles. The number of hydrogen-bond acceptors (Lipinski definition) is 2. The minimum Gasteiger partial charge on any atom is -0.396 e. The Balaban J connectivity index is 2.42. The van der Waals surface area contributed by atoms with E-state index in [4.69, 9.17) is 5.73 Å². The molecule has 0 aliphatic carbocycles. The van der Waals surface area contributed by atoms with Crippen LogP contribution in [0.2, 0.25) is 0 Å². The van der Waals surface area contributed by atoms with Crippen molar-refractivity contribution in [1.82, 2.24) is 5.32 Å². The van der Waals surface area contributed by atoms with Gasteiger partial charge in [-0.2, -0.15) is 0 Å². The van der Waals surface area contributed by atoms with E-state index in [1.54, 1.807) is 0 Å². The van der Waals surface area contributed by atoms with Crippen molar-refractivity contribution in [2.45, 2.75) is 12.5 Å². The van der Waals surface area contributed by atoms with Crippen molar-refractivity contribution in [3.8, 4) is 0 Å². The van der Waals surface area contributed by atoms with Gasteiger partial charge in [0, 0.05) is 12.1 Å². The van der Waals surface area contributed by atoms with Gasteiger partial charge in [-0.15, -0.1) is 0 Å². The summed E-state index contributed by atoms with van der Waals surface area (Å²) in [6, 6.07) is 2.11. The molecular weight excluding hydrogens is 174 g/mol. The average molecular weight is 184 g/mol. The first-order valence-electron chi connectivity index (χ1n) is 4.16. The van der Waals surface area contributed by atoms with E-state index in [1.807, 2.05) is 0 Å². The lowest BCUT2D eigenvalue weighted by molar-refractivity contribution is 0.381. The Hall–Kier alpha value is -1.16. The molecule has 0 bridgehead atoms. The fourth-order valence-electron chi connectivity index (χ4n) is 1.45. The molecule has 4 heteroatoms. The van der Waals surface area contributed by atoms with E-state index < -0.39 is 11.6 Å². The summed E-state index contributed by atoms with van der Waals surface area (Å²) in [5.74, 6) is -1.25. The van der Waals surface area contributed by atoms with Crippen molar-refractivity contribution in [3.05, 3.63) is 29.3 Å². The summed E-state index contributed by atoms with van der Waals surface area (Å²) < 4.78 is 25.8. The molecule has 0 amide bonds. The van der Waals surface area contributed by atoms with Gasteiger partial charge < -0.3 is 11.1 Å². The summed E-state index contributed by atoms with van der Waals surface area (Å²) in [7, 11) is 0. The minimum absolute atomic E-state index is 0.0187. The predicted octanol–water partition coefficient (Wildman–Crippen LogP) is 1.58. The van der Waals surface area contributed by atoms with Gasteiger partial charge in [-0.05, 0) is 24.6 Å². The molecule has 0 aromatic heterocycles. The molecule has 13 heavy (non-hydrogen) atoms. The molecule has 0 radical (unpaired) electrons. The third-order valence-corrected chi connectivity index (χ3v) is 2.33. The highest BCUT2D eigenvalue weighted by Crippen LogP contribution is 2.29. The quantitative estimate of drug-likeness (QED) is 0.650. The van der Waals surface area contributed by atoms with Crippen LogP contribution in [0.15, 0.2) is 12.1 Å². The lowest BCUT2D eigenvalue weighted by Crippen LogP contribution is -2.35. The van der Waals surface area contributed by atoms with E-state index in [2.05, 4.69) is 5.32 Å². The van der Waals surface area contributed by atoms with E-state index in [0.717, 1.165) is 19.0 Å². The van der Waals surface area contributed by atoms with Crippen LogP contribution in [-0.2, 0) is 0 Å². The average Bonchev–Trinajstić information content (AvgIpc) is 1.95. The topological polar surface area (TPSA) is 38.0 Å². The summed E-state index contributed by atoms with van der Waals surface area (Å²) in [5, 5.41) is 3.04. The summed E-state index contributed by atoms with van der Waals surface area (Å²) in [6.07, 6.45) is 0.882. The first-order chi connectivity index (χ1) is 6.18. The molecule has 1 atom stereocenters. The van der Waals surface area contributed by atoms with Crippen LogP contribution >= 0.6 is 0 Å². The lowest BCUT2D eigenvalue weighted by atomic mass is 9.96. The highest BCUT2D eigenvalue weighted by Gasteiger charge is 2.22. The van der Waals surface area contributed by atoms with Crippen LogP contribution in [0, 0.1) is 11.6 Å². The van der Waals surface area contributed by atoms with Gasteiger partial charge in [0.05, 0.1) is 5.69 Å². The molecule has 0 spiro atoms. The SMILES string of the molecule is Nc1c(F)cc(F)cc1[C@H]1CCN1. The summed E-state index contributed by atoms with van der Waals surface area (Å²) >= 11 is 0. The van der Waals surface area contributed by atoms with Crippen LogP contribution < -0.4 is 11.1 Å². The van der Waals surface area contributed by atoms with Crippen LogP contribution in [0.25, 0.3) is 0 Å². The van der Waals surface area contributed by atoms with Crippen molar-refractivity contribution < 1.29 is 8.78 Å². The maximum atomic E-state index is 13.0. The van der Waals surface area contributed by atoms with Gasteiger partial charge in [-0.25, -0.2) is 8.78 Å². The Bertz CT molecular complexity index is 335. The van der Waals surface area contributed by atoms with Crippen molar-refractivity contribution in [2.24, 2.45) is 0 Å². The van der Waals surface area contributed by atoms with Gasteiger partial charge in [0.15, 0.2) is 0 Å². The van der Waals surface area contributed by atoms with E-state index >= 15 is 0 Å². The first kappa shape index (κ1) is 8.44. The zero-order chi connectivity index (χ0) is 9.42. The number of anilines is 1. The van der Waals surface area contributed by atoms with Crippen LogP contribution in [-0.4, -0.2) is 6.54 Å². The standard InChI is InChI=1S/C9H10F2N2/c10-5-3-6(8-1-2-13-8)9(12)7(11)4-5/h3-4,8,13H,1-2,12H2/t8-/m1/s1. The van der Waals surface area contributed by atoms with E-state index in [1.165, 1.54) is 6.07 Å². The normalized spacial score (nSPS) is 21.2. The number of benzene rings is 1. The second kappa shape index (κ2) is 2.96. The zero-order valence-corrected chi connectivity index (χ0v) is 6.98. The predicted molar refractivity (Wildman–Crippen MR) is 46.1 cm³/mol. The summed E-state index contributed by atoms with van der Waals surface area (Å²) in [4.78, 5) is 0. The van der Waals surface area contributed by atoms with Crippen LogP contribution in [0.5, 0.6) is 0 Å². The number of nitrogens with two attached hydrogens (primary N) is 1. The second-order valence-corrected chi connectivity index (χ2v) is 3.19. The maximum Gasteiger partial charge on any atom is 0.149 e. The van der Waals surface area contributed by atoms with E-state index in [9.17, 15) is 8.78 Å². The van der Waals surface area contributed by atoms with Crippen molar-refractivity contribution in [2.75, 3.05) is 12.3 Å². The smallest absolute Gasteiger partial charge is 0.149 e. The van der Waals surface area contributed by atoms with Gasteiger partial charge in [0.1, 0.15) is 11.6 Å². The third kappa shape index (κ3) is 1.37. The molecule has 1 heterocycles. The Morgan fingerprint density at radius 2 is 2.08 bits per heavy atom. The molecule has 2 rings (SSSR count). The van der Waals surface area contributed by atoms with E-state index in [-0.39, 0.29) is 11.7 Å². The van der Waals surface area contributed by atoms with Crippen molar-refractivity contribution in [1.29, 1.82) is 0 Å². The second-order valence-electron chi connectivity index (χ2n) is 3.19. The Labute approximate surface area is 74.7 Å². The molecule has 1 fully saturated rings. The van der Waals surface area contributed by atoms with Crippen LogP contribution in [0.4, 0.5) is 14.5 Å². The Morgan fingerprint density at radius 1 is 1.38 bits per heavy atom. The minimum atomic E-state index is -0.677. The van der Waals surface area contributed by atoms with Gasteiger partial charge in [0.2, 0.25) is 0 Å². The summed E-state index contributed by atoms with van der Waals surface area (Å²) in [5.41, 5.74) is 6.07. The van der Waals surface area contributed by atoms with Crippen LogP contribution in [0.1, 0.15) is 18.0 Å². The molecule has 1 saturated heterocycles. The van der Waals surface area contributed by atoms with Gasteiger partial charge in [0.25, 0.3) is 0 Å². The zero-order valence-electron chi connectivity index (χ0n) is 6.98. The number of rotatable bonds is 1. The monoisotopic (exact) mass is 184 g/mol. The lowest BCUT2D eigenvalue weighted by Gasteiger charge is -2.29. The third-order valence-electron chi connectivity index (χ3n) is 2.33. The molecular formula is C9H10F2N2. The number of nitrogens with one attached hydrogen (secondary N) is 1. The highest BCUT2D eigenvalue weighted by atomic mass is 19.1. The Morgan fingerprint density at radius 3 is 2.62 bits per heavy atom. The first-order valence-corrected chi connectivity index (χ1v) is 4.16. The van der Waals surface area contributed by atoms with Gasteiger partial charge >= 0.3 is 0 Å². The number of nitrogen functional groups attached to an aromatic ring is 1. The molecule has 1 aromatic carbocycles. The summed E-state index contributed by atoms with van der Waals surface area (Å²) in [6.45, 7) is 0.877. The largest absolute Gasteiger partial charge is 0.396 e. The molecule has 1 aliphatic rings. The molecule has 70 valence electrons.